The molecule has 1 saturated heterocycles. The molecule has 1 atom stereocenters. The van der Waals surface area contributed by atoms with Crippen LogP contribution < -0.4 is 10.7 Å². The molecule has 0 spiro atoms. The van der Waals surface area contributed by atoms with Crippen LogP contribution in [0.25, 0.3) is 11.0 Å². The Hall–Kier alpha value is -3.61. The summed E-state index contributed by atoms with van der Waals surface area (Å²) in [5, 5.41) is 4.34. The molecule has 0 radical (unpaired) electrons. The van der Waals surface area contributed by atoms with Gasteiger partial charge in [-0.3, -0.25) is 15.0 Å². The van der Waals surface area contributed by atoms with E-state index in [4.69, 9.17) is 4.42 Å². The number of hydrazine groups is 1. The summed E-state index contributed by atoms with van der Waals surface area (Å²) in [6.45, 7) is 5.64. The van der Waals surface area contributed by atoms with Gasteiger partial charge in [-0.1, -0.05) is 42.5 Å². The van der Waals surface area contributed by atoms with E-state index in [0.29, 0.717) is 18.4 Å². The van der Waals surface area contributed by atoms with E-state index in [1.54, 1.807) is 13.2 Å². The third-order valence-corrected chi connectivity index (χ3v) is 5.95. The van der Waals surface area contributed by atoms with Crippen molar-refractivity contribution in [1.82, 2.24) is 15.8 Å². The number of fused-ring (bicyclic) bond motifs is 1. The molecule has 1 unspecified atom stereocenters. The number of aryl methyl sites for hydroxylation is 3. The fraction of sp³-hybridized carbons (Fsp3) is 0.292. The topological polar surface area (TPSA) is 91.7 Å². The summed E-state index contributed by atoms with van der Waals surface area (Å²) < 4.78 is 5.64. The van der Waals surface area contributed by atoms with Gasteiger partial charge in [0.05, 0.1) is 12.7 Å². The molecule has 4 amide bonds. The Labute approximate surface area is 180 Å². The number of urea groups is 1. The predicted octanol–water partition coefficient (Wildman–Crippen LogP) is 3.57. The number of amides is 4. The second-order valence-corrected chi connectivity index (χ2v) is 8.25. The first-order valence-electron chi connectivity index (χ1n) is 10.2. The van der Waals surface area contributed by atoms with Gasteiger partial charge in [0.1, 0.15) is 11.1 Å². The van der Waals surface area contributed by atoms with Crippen molar-refractivity contribution in [2.75, 3.05) is 0 Å². The smallest absolute Gasteiger partial charge is 0.344 e. The molecule has 3 aromatic rings. The summed E-state index contributed by atoms with van der Waals surface area (Å²) in [7, 11) is 0. The molecule has 0 aliphatic carbocycles. The van der Waals surface area contributed by atoms with Crippen LogP contribution in [-0.2, 0) is 22.4 Å². The van der Waals surface area contributed by atoms with E-state index in [-0.39, 0.29) is 6.42 Å². The molecule has 1 aliphatic heterocycles. The SMILES string of the molecule is Cc1ccc2c(CC(=O)NN3C(=O)NC(C)(CCc4ccccc4)C3=O)coc2c1C. The van der Waals surface area contributed by atoms with Gasteiger partial charge in [-0.15, -0.1) is 0 Å². The van der Waals surface area contributed by atoms with Gasteiger partial charge in [0.15, 0.2) is 0 Å². The average molecular weight is 419 g/mol. The van der Waals surface area contributed by atoms with Crippen molar-refractivity contribution < 1.29 is 18.8 Å². The Morgan fingerprint density at radius 2 is 1.87 bits per heavy atom. The first-order chi connectivity index (χ1) is 14.8. The number of benzene rings is 2. The zero-order chi connectivity index (χ0) is 22.2. The number of furan rings is 1. The van der Waals surface area contributed by atoms with E-state index in [1.165, 1.54) is 0 Å². The van der Waals surface area contributed by atoms with Gasteiger partial charge in [-0.2, -0.15) is 5.01 Å². The molecule has 0 saturated carbocycles. The van der Waals surface area contributed by atoms with E-state index >= 15 is 0 Å². The van der Waals surface area contributed by atoms with Crippen LogP contribution >= 0.6 is 0 Å². The summed E-state index contributed by atoms with van der Waals surface area (Å²) in [5.74, 6) is -0.929. The van der Waals surface area contributed by atoms with Gasteiger partial charge in [0.2, 0.25) is 5.91 Å². The van der Waals surface area contributed by atoms with Crippen molar-refractivity contribution in [3.63, 3.8) is 0 Å². The van der Waals surface area contributed by atoms with Crippen molar-refractivity contribution >= 4 is 28.8 Å². The number of carbonyl (C=O) groups is 3. The molecule has 2 N–H and O–H groups in total. The maximum absolute atomic E-state index is 12.9. The second-order valence-electron chi connectivity index (χ2n) is 8.25. The molecule has 160 valence electrons. The average Bonchev–Trinajstić information content (AvgIpc) is 3.24. The highest BCUT2D eigenvalue weighted by molar-refractivity contribution is 6.07. The Kier molecular flexibility index (Phi) is 5.27. The molecule has 0 bridgehead atoms. The molecule has 7 heteroatoms. The molecule has 1 aromatic heterocycles. The highest BCUT2D eigenvalue weighted by Crippen LogP contribution is 2.27. The minimum absolute atomic E-state index is 0.00666. The summed E-state index contributed by atoms with van der Waals surface area (Å²) in [4.78, 5) is 37.9. The zero-order valence-corrected chi connectivity index (χ0v) is 17.8. The largest absolute Gasteiger partial charge is 0.464 e. The Morgan fingerprint density at radius 3 is 2.61 bits per heavy atom. The molecule has 2 aromatic carbocycles. The number of nitrogens with one attached hydrogen (secondary N) is 2. The third kappa shape index (κ3) is 3.91. The first-order valence-corrected chi connectivity index (χ1v) is 10.2. The second kappa shape index (κ2) is 7.91. The van der Waals surface area contributed by atoms with E-state index < -0.39 is 23.4 Å². The van der Waals surface area contributed by atoms with Crippen LogP contribution in [0, 0.1) is 13.8 Å². The van der Waals surface area contributed by atoms with Crippen molar-refractivity contribution in [1.29, 1.82) is 0 Å². The van der Waals surface area contributed by atoms with Gasteiger partial charge in [0, 0.05) is 10.9 Å². The van der Waals surface area contributed by atoms with E-state index in [0.717, 1.165) is 32.7 Å². The van der Waals surface area contributed by atoms with Gasteiger partial charge in [-0.25, -0.2) is 4.79 Å². The normalized spacial score (nSPS) is 18.5. The van der Waals surface area contributed by atoms with E-state index in [2.05, 4.69) is 10.7 Å². The minimum Gasteiger partial charge on any atom is -0.464 e. The Bertz CT molecular complexity index is 1170. The van der Waals surface area contributed by atoms with Crippen LogP contribution in [0.4, 0.5) is 4.79 Å². The lowest BCUT2D eigenvalue weighted by atomic mass is 9.93. The lowest BCUT2D eigenvalue weighted by molar-refractivity contribution is -0.138. The van der Waals surface area contributed by atoms with Crippen LogP contribution in [-0.4, -0.2) is 28.4 Å². The van der Waals surface area contributed by atoms with Crippen molar-refractivity contribution in [3.05, 3.63) is 71.0 Å². The summed E-state index contributed by atoms with van der Waals surface area (Å²) in [6, 6.07) is 13.0. The monoisotopic (exact) mass is 419 g/mol. The lowest BCUT2D eigenvalue weighted by Gasteiger charge is -2.21. The number of hydrogen-bond donors (Lipinski definition) is 2. The number of carbonyl (C=O) groups excluding carboxylic acids is 3. The number of hydrogen-bond acceptors (Lipinski definition) is 4. The molecule has 2 heterocycles. The predicted molar refractivity (Wildman–Crippen MR) is 116 cm³/mol. The number of imide groups is 1. The summed E-state index contributed by atoms with van der Waals surface area (Å²) in [6.07, 6.45) is 2.60. The van der Waals surface area contributed by atoms with Crippen LogP contribution in [0.3, 0.4) is 0 Å². The van der Waals surface area contributed by atoms with E-state index in [9.17, 15) is 14.4 Å². The highest BCUT2D eigenvalue weighted by Gasteiger charge is 2.48. The fourth-order valence-electron chi connectivity index (χ4n) is 3.86. The van der Waals surface area contributed by atoms with Crippen LogP contribution in [0.5, 0.6) is 0 Å². The zero-order valence-electron chi connectivity index (χ0n) is 17.8. The van der Waals surface area contributed by atoms with Gasteiger partial charge in [-0.05, 0) is 50.3 Å². The number of nitrogens with zero attached hydrogens (tertiary/aromatic N) is 1. The van der Waals surface area contributed by atoms with Gasteiger partial charge < -0.3 is 9.73 Å². The van der Waals surface area contributed by atoms with Crippen LogP contribution in [0.2, 0.25) is 0 Å². The van der Waals surface area contributed by atoms with Gasteiger partial charge >= 0.3 is 6.03 Å². The summed E-state index contributed by atoms with van der Waals surface area (Å²) >= 11 is 0. The third-order valence-electron chi connectivity index (χ3n) is 5.95. The van der Waals surface area contributed by atoms with Crippen LogP contribution in [0.15, 0.2) is 53.1 Å². The quantitative estimate of drug-likeness (QED) is 0.598. The number of rotatable bonds is 6. The maximum Gasteiger partial charge on any atom is 0.344 e. The highest BCUT2D eigenvalue weighted by atomic mass is 16.3. The van der Waals surface area contributed by atoms with Crippen molar-refractivity contribution in [2.24, 2.45) is 0 Å². The van der Waals surface area contributed by atoms with E-state index in [1.807, 2.05) is 56.3 Å². The first kappa shape index (κ1) is 20.7. The molecule has 1 aliphatic rings. The fourth-order valence-corrected chi connectivity index (χ4v) is 3.86. The standard InChI is InChI=1S/C24H25N3O4/c1-15-9-10-19-18(14-31-21(19)16(15)2)13-20(28)26-27-22(29)24(3,25-23(27)30)12-11-17-7-5-4-6-8-17/h4-10,14H,11-13H2,1-3H3,(H,25,30)(H,26,28). The Balaban J connectivity index is 1.43. The molecule has 1 fully saturated rings. The Morgan fingerprint density at radius 1 is 1.13 bits per heavy atom. The minimum atomic E-state index is -1.07. The van der Waals surface area contributed by atoms with Crippen molar-refractivity contribution in [3.8, 4) is 0 Å². The van der Waals surface area contributed by atoms with Crippen LogP contribution in [0.1, 0.15) is 35.6 Å². The van der Waals surface area contributed by atoms with Crippen molar-refractivity contribution in [2.45, 2.75) is 45.6 Å². The molecule has 7 nitrogen and oxygen atoms in total. The lowest BCUT2D eigenvalue weighted by Crippen LogP contribution is -2.49. The van der Waals surface area contributed by atoms with Gasteiger partial charge in [0.25, 0.3) is 5.91 Å². The maximum atomic E-state index is 12.9. The summed E-state index contributed by atoms with van der Waals surface area (Å²) in [5.41, 5.74) is 6.02. The molecular weight excluding hydrogens is 394 g/mol. The molecule has 4 rings (SSSR count). The molecule has 31 heavy (non-hydrogen) atoms. The molecular formula is C24H25N3O4.